The van der Waals surface area contributed by atoms with Crippen LogP contribution in [-0.2, 0) is 6.54 Å². The summed E-state index contributed by atoms with van der Waals surface area (Å²) < 4.78 is 10.6. The van der Waals surface area contributed by atoms with E-state index in [0.29, 0.717) is 24.0 Å². The minimum Gasteiger partial charge on any atom is -0.493 e. The zero-order valence-corrected chi connectivity index (χ0v) is 15.1. The van der Waals surface area contributed by atoms with Crippen molar-refractivity contribution in [2.45, 2.75) is 13.5 Å². The van der Waals surface area contributed by atoms with Crippen molar-refractivity contribution in [3.8, 4) is 11.5 Å². The van der Waals surface area contributed by atoms with E-state index in [1.807, 2.05) is 61.5 Å². The van der Waals surface area contributed by atoms with Crippen LogP contribution in [0.5, 0.6) is 11.5 Å². The molecule has 0 amide bonds. The maximum Gasteiger partial charge on any atom is 0.229 e. The molecule has 0 spiro atoms. The second kappa shape index (κ2) is 8.20. The molecule has 26 heavy (non-hydrogen) atoms. The van der Waals surface area contributed by atoms with Gasteiger partial charge < -0.3 is 20.1 Å². The first-order valence-corrected chi connectivity index (χ1v) is 8.30. The molecule has 6 heteroatoms. The molecule has 1 heterocycles. The summed E-state index contributed by atoms with van der Waals surface area (Å²) in [6.07, 6.45) is 0. The molecule has 0 aliphatic carbocycles. The lowest BCUT2D eigenvalue weighted by molar-refractivity contribution is 0.354. The van der Waals surface area contributed by atoms with E-state index < -0.39 is 0 Å². The molecule has 3 rings (SSSR count). The molecule has 1 aromatic heterocycles. The summed E-state index contributed by atoms with van der Waals surface area (Å²) in [5.41, 5.74) is 2.90. The van der Waals surface area contributed by atoms with Crippen molar-refractivity contribution < 1.29 is 9.47 Å². The first-order chi connectivity index (χ1) is 12.7. The van der Waals surface area contributed by atoms with Crippen LogP contribution in [0.2, 0.25) is 0 Å². The molecule has 0 fully saturated rings. The average Bonchev–Trinajstić information content (AvgIpc) is 2.66. The van der Waals surface area contributed by atoms with Gasteiger partial charge >= 0.3 is 0 Å². The van der Waals surface area contributed by atoms with Crippen LogP contribution in [0.1, 0.15) is 11.3 Å². The molecule has 3 aromatic rings. The highest BCUT2D eigenvalue weighted by Gasteiger charge is 2.06. The SMILES string of the molecule is COc1ccc(CNc2cc(C)nc(Nc3ccccc3)n2)cc1OC. The Kier molecular flexibility index (Phi) is 5.53. The first kappa shape index (κ1) is 17.5. The smallest absolute Gasteiger partial charge is 0.229 e. The van der Waals surface area contributed by atoms with Gasteiger partial charge in [-0.15, -0.1) is 0 Å². The summed E-state index contributed by atoms with van der Waals surface area (Å²) in [7, 11) is 3.26. The lowest BCUT2D eigenvalue weighted by Crippen LogP contribution is -2.06. The van der Waals surface area contributed by atoms with Crippen LogP contribution in [0, 0.1) is 6.92 Å². The monoisotopic (exact) mass is 350 g/mol. The molecule has 2 aromatic carbocycles. The van der Waals surface area contributed by atoms with Gasteiger partial charge in [-0.3, -0.25) is 0 Å². The number of nitrogens with one attached hydrogen (secondary N) is 2. The summed E-state index contributed by atoms with van der Waals surface area (Å²) in [6, 6.07) is 17.6. The van der Waals surface area contributed by atoms with Crippen molar-refractivity contribution in [2.24, 2.45) is 0 Å². The number of anilines is 3. The standard InChI is InChI=1S/C20H22N4O2/c1-14-11-19(24-20(22-14)23-16-7-5-4-6-8-16)21-13-15-9-10-17(25-2)18(12-15)26-3/h4-12H,13H2,1-3H3,(H2,21,22,23,24). The fourth-order valence-electron chi connectivity index (χ4n) is 2.55. The third kappa shape index (κ3) is 4.42. The van der Waals surface area contributed by atoms with Crippen molar-refractivity contribution >= 4 is 17.5 Å². The van der Waals surface area contributed by atoms with Gasteiger partial charge in [-0.05, 0) is 36.8 Å². The van der Waals surface area contributed by atoms with Gasteiger partial charge in [0.05, 0.1) is 14.2 Å². The molecule has 2 N–H and O–H groups in total. The molecular formula is C20H22N4O2. The van der Waals surface area contributed by atoms with Crippen molar-refractivity contribution in [1.82, 2.24) is 9.97 Å². The van der Waals surface area contributed by atoms with E-state index in [4.69, 9.17) is 9.47 Å². The fraction of sp³-hybridized carbons (Fsp3) is 0.200. The van der Waals surface area contributed by atoms with Crippen molar-refractivity contribution in [3.05, 3.63) is 65.9 Å². The lowest BCUT2D eigenvalue weighted by Gasteiger charge is -2.12. The van der Waals surface area contributed by atoms with E-state index in [1.54, 1.807) is 14.2 Å². The highest BCUT2D eigenvalue weighted by atomic mass is 16.5. The van der Waals surface area contributed by atoms with E-state index >= 15 is 0 Å². The van der Waals surface area contributed by atoms with Gasteiger partial charge in [0.25, 0.3) is 0 Å². The Balaban J connectivity index is 1.72. The molecular weight excluding hydrogens is 328 g/mol. The quantitative estimate of drug-likeness (QED) is 0.667. The zero-order valence-electron chi connectivity index (χ0n) is 15.1. The molecule has 0 aliphatic rings. The number of ether oxygens (including phenoxy) is 2. The van der Waals surface area contributed by atoms with Gasteiger partial charge in [0.1, 0.15) is 5.82 Å². The molecule has 6 nitrogen and oxygen atoms in total. The molecule has 0 atom stereocenters. The number of benzene rings is 2. The van der Waals surface area contributed by atoms with Gasteiger partial charge in [-0.1, -0.05) is 24.3 Å². The van der Waals surface area contributed by atoms with Crippen molar-refractivity contribution in [2.75, 3.05) is 24.9 Å². The summed E-state index contributed by atoms with van der Waals surface area (Å²) >= 11 is 0. The van der Waals surface area contributed by atoms with E-state index in [9.17, 15) is 0 Å². The predicted molar refractivity (Wildman–Crippen MR) is 103 cm³/mol. The molecule has 0 unspecified atom stereocenters. The predicted octanol–water partition coefficient (Wildman–Crippen LogP) is 4.16. The van der Waals surface area contributed by atoms with E-state index in [0.717, 1.165) is 22.8 Å². The van der Waals surface area contributed by atoms with Gasteiger partial charge in [0, 0.05) is 24.0 Å². The van der Waals surface area contributed by atoms with Crippen molar-refractivity contribution in [1.29, 1.82) is 0 Å². The van der Waals surface area contributed by atoms with Crippen LogP contribution in [0.15, 0.2) is 54.6 Å². The Labute approximate surface area is 153 Å². The van der Waals surface area contributed by atoms with Crippen LogP contribution in [0.3, 0.4) is 0 Å². The number of hydrogen-bond donors (Lipinski definition) is 2. The highest BCUT2D eigenvalue weighted by Crippen LogP contribution is 2.27. The number of aromatic nitrogens is 2. The number of aryl methyl sites for hydroxylation is 1. The van der Waals surface area contributed by atoms with Gasteiger partial charge in [-0.2, -0.15) is 4.98 Å². The zero-order chi connectivity index (χ0) is 18.4. The molecule has 0 saturated carbocycles. The Morgan fingerprint density at radius 2 is 1.65 bits per heavy atom. The number of hydrogen-bond acceptors (Lipinski definition) is 6. The summed E-state index contributed by atoms with van der Waals surface area (Å²) in [5.74, 6) is 2.73. The first-order valence-electron chi connectivity index (χ1n) is 8.30. The molecule has 0 saturated heterocycles. The van der Waals surface area contributed by atoms with Gasteiger partial charge in [0.15, 0.2) is 11.5 Å². The Morgan fingerprint density at radius 1 is 0.885 bits per heavy atom. The summed E-state index contributed by atoms with van der Waals surface area (Å²) in [4.78, 5) is 8.97. The minimum absolute atomic E-state index is 0.561. The van der Waals surface area contributed by atoms with Crippen LogP contribution >= 0.6 is 0 Å². The van der Waals surface area contributed by atoms with E-state index in [-0.39, 0.29) is 0 Å². The van der Waals surface area contributed by atoms with Crippen LogP contribution in [0.25, 0.3) is 0 Å². The third-order valence-corrected chi connectivity index (χ3v) is 3.81. The maximum atomic E-state index is 5.35. The largest absolute Gasteiger partial charge is 0.493 e. The van der Waals surface area contributed by atoms with Gasteiger partial charge in [0.2, 0.25) is 5.95 Å². The summed E-state index contributed by atoms with van der Waals surface area (Å²) in [6.45, 7) is 2.56. The van der Waals surface area contributed by atoms with Crippen molar-refractivity contribution in [3.63, 3.8) is 0 Å². The average molecular weight is 350 g/mol. The molecule has 0 bridgehead atoms. The van der Waals surface area contributed by atoms with Gasteiger partial charge in [-0.25, -0.2) is 4.98 Å². The Morgan fingerprint density at radius 3 is 2.38 bits per heavy atom. The Bertz CT molecular complexity index is 869. The number of rotatable bonds is 7. The minimum atomic E-state index is 0.561. The normalized spacial score (nSPS) is 10.3. The van der Waals surface area contributed by atoms with E-state index in [1.165, 1.54) is 0 Å². The number of nitrogens with zero attached hydrogens (tertiary/aromatic N) is 2. The fourth-order valence-corrected chi connectivity index (χ4v) is 2.55. The number of methoxy groups -OCH3 is 2. The Hall–Kier alpha value is -3.28. The second-order valence-corrected chi connectivity index (χ2v) is 5.75. The molecule has 0 aliphatic heterocycles. The maximum absolute atomic E-state index is 5.35. The molecule has 0 radical (unpaired) electrons. The van der Waals surface area contributed by atoms with Crippen LogP contribution in [0.4, 0.5) is 17.5 Å². The third-order valence-electron chi connectivity index (χ3n) is 3.81. The second-order valence-electron chi connectivity index (χ2n) is 5.75. The summed E-state index contributed by atoms with van der Waals surface area (Å²) in [5, 5.41) is 6.55. The van der Waals surface area contributed by atoms with Crippen LogP contribution in [-0.4, -0.2) is 24.2 Å². The lowest BCUT2D eigenvalue weighted by atomic mass is 10.2. The van der Waals surface area contributed by atoms with E-state index in [2.05, 4.69) is 20.6 Å². The van der Waals surface area contributed by atoms with Crippen LogP contribution < -0.4 is 20.1 Å². The highest BCUT2D eigenvalue weighted by molar-refractivity contribution is 5.55. The topological polar surface area (TPSA) is 68.3 Å². The molecule has 134 valence electrons. The number of para-hydroxylation sites is 1.